The van der Waals surface area contributed by atoms with Crippen LogP contribution in [0.3, 0.4) is 0 Å². The molecule has 1 aromatic carbocycles. The summed E-state index contributed by atoms with van der Waals surface area (Å²) in [6.07, 6.45) is 0. The third-order valence-corrected chi connectivity index (χ3v) is 2.89. The summed E-state index contributed by atoms with van der Waals surface area (Å²) in [6.45, 7) is 8.62. The van der Waals surface area contributed by atoms with Crippen LogP contribution in [0.1, 0.15) is 43.6 Å². The first-order chi connectivity index (χ1) is 9.51. The molecule has 1 aromatic rings. The van der Waals surface area contributed by atoms with Crippen LogP contribution in [-0.2, 0) is 4.79 Å². The Labute approximate surface area is 124 Å². The molecule has 4 N–H and O–H groups in total. The van der Waals surface area contributed by atoms with Gasteiger partial charge in [0, 0.05) is 22.4 Å². The van der Waals surface area contributed by atoms with E-state index in [0.717, 1.165) is 6.07 Å². The Morgan fingerprint density at radius 2 is 1.86 bits per heavy atom. The Hall–Kier alpha value is -2.11. The van der Waals surface area contributed by atoms with Crippen molar-refractivity contribution < 1.29 is 14.0 Å². The number of nitrogen functional groups attached to an aromatic ring is 1. The van der Waals surface area contributed by atoms with Crippen molar-refractivity contribution in [1.82, 2.24) is 10.6 Å². The molecule has 0 fully saturated rings. The molecule has 0 radical (unpaired) electrons. The summed E-state index contributed by atoms with van der Waals surface area (Å²) in [5.41, 5.74) is 5.83. The minimum absolute atomic E-state index is 0.0889. The number of nitrogens with two attached hydrogens (primary N) is 1. The average molecular weight is 295 g/mol. The van der Waals surface area contributed by atoms with E-state index in [-0.39, 0.29) is 17.2 Å². The second-order valence-electron chi connectivity index (χ2n) is 6.11. The summed E-state index contributed by atoms with van der Waals surface area (Å²) >= 11 is 0. The van der Waals surface area contributed by atoms with Crippen LogP contribution in [0.15, 0.2) is 12.1 Å². The van der Waals surface area contributed by atoms with Crippen molar-refractivity contribution in [2.75, 3.05) is 5.73 Å². The molecule has 0 heterocycles. The number of carbonyl (C=O) groups is 2. The summed E-state index contributed by atoms with van der Waals surface area (Å²) in [5, 5.41) is 5.27. The lowest BCUT2D eigenvalue weighted by Crippen LogP contribution is -2.50. The van der Waals surface area contributed by atoms with E-state index < -0.39 is 23.3 Å². The van der Waals surface area contributed by atoms with Crippen LogP contribution in [0.5, 0.6) is 0 Å². The molecule has 0 bridgehead atoms. The monoisotopic (exact) mass is 295 g/mol. The van der Waals surface area contributed by atoms with Gasteiger partial charge in [0.05, 0.1) is 0 Å². The van der Waals surface area contributed by atoms with Gasteiger partial charge in [0.25, 0.3) is 5.91 Å². The van der Waals surface area contributed by atoms with E-state index in [2.05, 4.69) is 10.6 Å². The molecule has 2 amide bonds. The van der Waals surface area contributed by atoms with Gasteiger partial charge in [-0.1, -0.05) is 0 Å². The van der Waals surface area contributed by atoms with E-state index in [0.29, 0.717) is 5.56 Å². The van der Waals surface area contributed by atoms with Gasteiger partial charge in [-0.3, -0.25) is 9.59 Å². The van der Waals surface area contributed by atoms with E-state index in [9.17, 15) is 14.0 Å². The molecule has 0 aliphatic carbocycles. The molecule has 6 heteroatoms. The molecule has 116 valence electrons. The van der Waals surface area contributed by atoms with Crippen molar-refractivity contribution in [3.8, 4) is 0 Å². The summed E-state index contributed by atoms with van der Waals surface area (Å²) in [4.78, 5) is 23.9. The molecule has 1 atom stereocenters. The number of hydrogen-bond acceptors (Lipinski definition) is 3. The van der Waals surface area contributed by atoms with Crippen molar-refractivity contribution in [3.05, 3.63) is 29.1 Å². The molecule has 0 aliphatic rings. The summed E-state index contributed by atoms with van der Waals surface area (Å²) in [7, 11) is 0. The summed E-state index contributed by atoms with van der Waals surface area (Å²) < 4.78 is 13.6. The highest BCUT2D eigenvalue weighted by atomic mass is 19.1. The fraction of sp³-hybridized carbons (Fsp3) is 0.467. The zero-order valence-electron chi connectivity index (χ0n) is 13.0. The first-order valence-electron chi connectivity index (χ1n) is 6.70. The molecular weight excluding hydrogens is 273 g/mol. The van der Waals surface area contributed by atoms with Crippen LogP contribution in [0.2, 0.25) is 0 Å². The predicted octanol–water partition coefficient (Wildman–Crippen LogP) is 1.75. The fourth-order valence-electron chi connectivity index (χ4n) is 1.65. The number of amides is 2. The van der Waals surface area contributed by atoms with Gasteiger partial charge in [-0.25, -0.2) is 4.39 Å². The fourth-order valence-corrected chi connectivity index (χ4v) is 1.65. The molecule has 1 unspecified atom stereocenters. The molecule has 5 nitrogen and oxygen atoms in total. The standard InChI is InChI=1S/C15H22FN3O2/c1-8-11(16)6-10(7-12(8)17)14(21)18-9(2)13(20)19-15(3,4)5/h6-7,9H,17H2,1-5H3,(H,18,21)(H,19,20). The molecule has 0 aromatic heterocycles. The largest absolute Gasteiger partial charge is 0.398 e. The van der Waals surface area contributed by atoms with Gasteiger partial charge in [-0.05, 0) is 46.8 Å². The first kappa shape index (κ1) is 16.9. The van der Waals surface area contributed by atoms with Gasteiger partial charge in [0.1, 0.15) is 11.9 Å². The minimum Gasteiger partial charge on any atom is -0.398 e. The Bertz CT molecular complexity index is 542. The van der Waals surface area contributed by atoms with Crippen molar-refractivity contribution in [1.29, 1.82) is 0 Å². The zero-order valence-corrected chi connectivity index (χ0v) is 13.0. The lowest BCUT2D eigenvalue weighted by atomic mass is 10.1. The third-order valence-electron chi connectivity index (χ3n) is 2.89. The second kappa shape index (κ2) is 6.11. The smallest absolute Gasteiger partial charge is 0.252 e. The van der Waals surface area contributed by atoms with Crippen LogP contribution >= 0.6 is 0 Å². The molecule has 21 heavy (non-hydrogen) atoms. The van der Waals surface area contributed by atoms with Crippen LogP contribution in [0.25, 0.3) is 0 Å². The van der Waals surface area contributed by atoms with E-state index in [1.807, 2.05) is 20.8 Å². The quantitative estimate of drug-likeness (QED) is 0.743. The molecule has 1 rings (SSSR count). The maximum absolute atomic E-state index is 13.6. The van der Waals surface area contributed by atoms with Gasteiger partial charge in [-0.15, -0.1) is 0 Å². The average Bonchev–Trinajstić information content (AvgIpc) is 2.32. The number of carbonyl (C=O) groups excluding carboxylic acids is 2. The van der Waals surface area contributed by atoms with Crippen LogP contribution in [0, 0.1) is 12.7 Å². The van der Waals surface area contributed by atoms with E-state index >= 15 is 0 Å². The number of halogens is 1. The normalized spacial score (nSPS) is 12.7. The summed E-state index contributed by atoms with van der Waals surface area (Å²) in [5.74, 6) is -1.40. The van der Waals surface area contributed by atoms with E-state index in [1.54, 1.807) is 6.92 Å². The Kier molecular flexibility index (Phi) is 4.93. The Morgan fingerprint density at radius 3 is 2.33 bits per heavy atom. The highest BCUT2D eigenvalue weighted by Gasteiger charge is 2.21. The van der Waals surface area contributed by atoms with Crippen molar-refractivity contribution in [2.24, 2.45) is 0 Å². The van der Waals surface area contributed by atoms with Gasteiger partial charge < -0.3 is 16.4 Å². The number of rotatable bonds is 3. The number of anilines is 1. The van der Waals surface area contributed by atoms with Crippen LogP contribution < -0.4 is 16.4 Å². The Balaban J connectivity index is 2.80. The maximum Gasteiger partial charge on any atom is 0.252 e. The van der Waals surface area contributed by atoms with Crippen LogP contribution in [-0.4, -0.2) is 23.4 Å². The van der Waals surface area contributed by atoms with Crippen molar-refractivity contribution >= 4 is 17.5 Å². The highest BCUT2D eigenvalue weighted by molar-refractivity contribution is 5.98. The third kappa shape index (κ3) is 4.73. The number of benzene rings is 1. The molecule has 0 saturated carbocycles. The van der Waals surface area contributed by atoms with Crippen molar-refractivity contribution in [2.45, 2.75) is 46.2 Å². The molecule has 0 aliphatic heterocycles. The van der Waals surface area contributed by atoms with Gasteiger partial charge >= 0.3 is 0 Å². The SMILES string of the molecule is Cc1c(N)cc(C(=O)NC(C)C(=O)NC(C)(C)C)cc1F. The topological polar surface area (TPSA) is 84.2 Å². The lowest BCUT2D eigenvalue weighted by molar-refractivity contribution is -0.124. The van der Waals surface area contributed by atoms with E-state index in [1.165, 1.54) is 13.0 Å². The lowest BCUT2D eigenvalue weighted by Gasteiger charge is -2.23. The zero-order chi connectivity index (χ0) is 16.4. The first-order valence-corrected chi connectivity index (χ1v) is 6.70. The van der Waals surface area contributed by atoms with Gasteiger partial charge in [0.2, 0.25) is 5.91 Å². The van der Waals surface area contributed by atoms with Gasteiger partial charge in [0.15, 0.2) is 0 Å². The Morgan fingerprint density at radius 1 is 1.29 bits per heavy atom. The van der Waals surface area contributed by atoms with Crippen molar-refractivity contribution in [3.63, 3.8) is 0 Å². The molecule has 0 spiro atoms. The maximum atomic E-state index is 13.6. The summed E-state index contributed by atoms with van der Waals surface area (Å²) in [6, 6.07) is 1.76. The number of nitrogens with one attached hydrogen (secondary N) is 2. The highest BCUT2D eigenvalue weighted by Crippen LogP contribution is 2.17. The van der Waals surface area contributed by atoms with E-state index in [4.69, 9.17) is 5.73 Å². The predicted molar refractivity (Wildman–Crippen MR) is 80.4 cm³/mol. The molecular formula is C15H22FN3O2. The minimum atomic E-state index is -0.734. The van der Waals surface area contributed by atoms with Gasteiger partial charge in [-0.2, -0.15) is 0 Å². The second-order valence-corrected chi connectivity index (χ2v) is 6.11. The van der Waals surface area contributed by atoms with Crippen LogP contribution in [0.4, 0.5) is 10.1 Å². The number of hydrogen-bond donors (Lipinski definition) is 3. The molecule has 0 saturated heterocycles.